The summed E-state index contributed by atoms with van der Waals surface area (Å²) in [5.74, 6) is -0.810. The van der Waals surface area contributed by atoms with Crippen molar-refractivity contribution in [3.05, 3.63) is 77.8 Å². The number of amides is 4. The van der Waals surface area contributed by atoms with E-state index < -0.39 is 23.4 Å². The van der Waals surface area contributed by atoms with Crippen LogP contribution >= 0.6 is 0 Å². The van der Waals surface area contributed by atoms with Gasteiger partial charge in [0.15, 0.2) is 5.76 Å². The fraction of sp³-hybridized carbons (Fsp3) is 0.0952. The molecule has 8 heteroatoms. The molecule has 0 spiro atoms. The van der Waals surface area contributed by atoms with Crippen LogP contribution in [0, 0.1) is 5.82 Å². The highest BCUT2D eigenvalue weighted by Crippen LogP contribution is 2.27. The highest BCUT2D eigenvalue weighted by atomic mass is 19.1. The number of hydrogen-bond acceptors (Lipinski definition) is 4. The molecular weight excluding hydrogens is 377 g/mol. The van der Waals surface area contributed by atoms with E-state index in [0.717, 1.165) is 0 Å². The second-order valence-corrected chi connectivity index (χ2v) is 6.74. The van der Waals surface area contributed by atoms with Gasteiger partial charge in [0.1, 0.15) is 17.1 Å². The van der Waals surface area contributed by atoms with Crippen molar-refractivity contribution in [1.29, 1.82) is 0 Å². The van der Waals surface area contributed by atoms with E-state index >= 15 is 0 Å². The van der Waals surface area contributed by atoms with Gasteiger partial charge in [-0.25, -0.2) is 9.18 Å². The van der Waals surface area contributed by atoms with Crippen molar-refractivity contribution in [2.45, 2.75) is 12.5 Å². The molecule has 1 saturated heterocycles. The molecule has 1 atom stereocenters. The quantitative estimate of drug-likeness (QED) is 0.592. The molecule has 0 aliphatic carbocycles. The van der Waals surface area contributed by atoms with Crippen LogP contribution in [0.2, 0.25) is 0 Å². The molecule has 146 valence electrons. The van der Waals surface area contributed by atoms with Crippen molar-refractivity contribution in [2.75, 3.05) is 5.32 Å². The van der Waals surface area contributed by atoms with Crippen LogP contribution in [0.1, 0.15) is 23.0 Å². The fourth-order valence-electron chi connectivity index (χ4n) is 3.08. The van der Waals surface area contributed by atoms with Crippen molar-refractivity contribution in [3.8, 4) is 11.3 Å². The van der Waals surface area contributed by atoms with Gasteiger partial charge in [-0.15, -0.1) is 0 Å². The number of urea groups is 1. The van der Waals surface area contributed by atoms with Crippen molar-refractivity contribution >= 4 is 23.5 Å². The van der Waals surface area contributed by atoms with Gasteiger partial charge in [0.25, 0.3) is 11.8 Å². The first-order chi connectivity index (χ1) is 13.8. The third kappa shape index (κ3) is 3.47. The van der Waals surface area contributed by atoms with Crippen molar-refractivity contribution in [3.63, 3.8) is 0 Å². The van der Waals surface area contributed by atoms with Crippen LogP contribution in [-0.2, 0) is 10.3 Å². The van der Waals surface area contributed by atoms with Gasteiger partial charge >= 0.3 is 6.03 Å². The van der Waals surface area contributed by atoms with Crippen molar-refractivity contribution < 1.29 is 23.2 Å². The van der Waals surface area contributed by atoms with Gasteiger partial charge in [0.05, 0.1) is 0 Å². The summed E-state index contributed by atoms with van der Waals surface area (Å²) in [4.78, 5) is 36.1. The zero-order valence-electron chi connectivity index (χ0n) is 15.3. The SMILES string of the molecule is CC1(c2cccc(NC(=O)c3ccc(-c4ccc(F)cc4)o3)c2)NC(=O)NC1=O. The van der Waals surface area contributed by atoms with E-state index in [1.54, 1.807) is 49.4 Å². The Hall–Kier alpha value is -3.94. The molecule has 3 aromatic rings. The van der Waals surface area contributed by atoms with Crippen LogP contribution in [0.5, 0.6) is 0 Å². The summed E-state index contributed by atoms with van der Waals surface area (Å²) in [7, 11) is 0. The third-order valence-corrected chi connectivity index (χ3v) is 4.70. The van der Waals surface area contributed by atoms with E-state index in [4.69, 9.17) is 4.42 Å². The highest BCUT2D eigenvalue weighted by Gasteiger charge is 2.43. The lowest BCUT2D eigenvalue weighted by atomic mass is 9.92. The summed E-state index contributed by atoms with van der Waals surface area (Å²) in [6.07, 6.45) is 0. The summed E-state index contributed by atoms with van der Waals surface area (Å²) in [5.41, 5.74) is 0.369. The number of anilines is 1. The van der Waals surface area contributed by atoms with Gasteiger partial charge in [0, 0.05) is 11.3 Å². The number of imide groups is 1. The fourth-order valence-corrected chi connectivity index (χ4v) is 3.08. The van der Waals surface area contributed by atoms with Gasteiger partial charge in [-0.3, -0.25) is 14.9 Å². The number of benzene rings is 2. The lowest BCUT2D eigenvalue weighted by Crippen LogP contribution is -2.40. The second-order valence-electron chi connectivity index (χ2n) is 6.74. The van der Waals surface area contributed by atoms with Crippen molar-refractivity contribution in [1.82, 2.24) is 10.6 Å². The van der Waals surface area contributed by atoms with Gasteiger partial charge in [-0.1, -0.05) is 12.1 Å². The number of carbonyl (C=O) groups excluding carboxylic acids is 3. The minimum atomic E-state index is -1.22. The molecule has 4 rings (SSSR count). The molecule has 0 radical (unpaired) electrons. The van der Waals surface area contributed by atoms with E-state index in [1.807, 2.05) is 0 Å². The van der Waals surface area contributed by atoms with Crippen LogP contribution < -0.4 is 16.0 Å². The molecule has 1 aromatic heterocycles. The Balaban J connectivity index is 1.53. The van der Waals surface area contributed by atoms with Crippen LogP contribution in [0.15, 0.2) is 65.1 Å². The van der Waals surface area contributed by atoms with Crippen LogP contribution in [0.3, 0.4) is 0 Å². The summed E-state index contributed by atoms with van der Waals surface area (Å²) >= 11 is 0. The Kier molecular flexibility index (Phi) is 4.38. The maximum absolute atomic E-state index is 13.1. The molecule has 1 unspecified atom stereocenters. The third-order valence-electron chi connectivity index (χ3n) is 4.70. The molecule has 1 aliphatic rings. The molecule has 0 saturated carbocycles. The largest absolute Gasteiger partial charge is 0.451 e. The van der Waals surface area contributed by atoms with E-state index in [0.29, 0.717) is 22.6 Å². The number of halogens is 1. The Morgan fingerprint density at radius 3 is 2.52 bits per heavy atom. The van der Waals surface area contributed by atoms with Crippen LogP contribution in [-0.4, -0.2) is 17.8 Å². The molecule has 3 N–H and O–H groups in total. The topological polar surface area (TPSA) is 100 Å². The molecule has 1 aliphatic heterocycles. The summed E-state index contributed by atoms with van der Waals surface area (Å²) in [5, 5.41) is 7.48. The Bertz CT molecular complexity index is 1120. The smallest absolute Gasteiger partial charge is 0.322 e. The van der Waals surface area contributed by atoms with Crippen LogP contribution in [0.25, 0.3) is 11.3 Å². The predicted octanol–water partition coefficient (Wildman–Crippen LogP) is 3.39. The molecule has 0 bridgehead atoms. The molecular formula is C21H16FN3O4. The monoisotopic (exact) mass is 393 g/mol. The number of nitrogens with one attached hydrogen (secondary N) is 3. The van der Waals surface area contributed by atoms with E-state index in [2.05, 4.69) is 16.0 Å². The normalized spacial score (nSPS) is 18.3. The first-order valence-corrected chi connectivity index (χ1v) is 8.76. The lowest BCUT2D eigenvalue weighted by molar-refractivity contribution is -0.123. The zero-order chi connectivity index (χ0) is 20.6. The lowest BCUT2D eigenvalue weighted by Gasteiger charge is -2.21. The van der Waals surface area contributed by atoms with E-state index in [-0.39, 0.29) is 11.6 Å². The number of furan rings is 1. The molecule has 2 aromatic carbocycles. The average Bonchev–Trinajstić information content (AvgIpc) is 3.28. The molecule has 29 heavy (non-hydrogen) atoms. The first-order valence-electron chi connectivity index (χ1n) is 8.76. The Morgan fingerprint density at radius 1 is 1.07 bits per heavy atom. The second kappa shape index (κ2) is 6.90. The minimum absolute atomic E-state index is 0.0767. The van der Waals surface area contributed by atoms with Crippen molar-refractivity contribution in [2.24, 2.45) is 0 Å². The molecule has 1 fully saturated rings. The average molecular weight is 393 g/mol. The number of hydrogen-bond donors (Lipinski definition) is 3. The Morgan fingerprint density at radius 2 is 1.83 bits per heavy atom. The minimum Gasteiger partial charge on any atom is -0.451 e. The summed E-state index contributed by atoms with van der Waals surface area (Å²) in [6, 6.07) is 14.9. The number of carbonyl (C=O) groups is 3. The standard InChI is InChI=1S/C21H16FN3O4/c1-21(19(27)24-20(28)25-21)13-3-2-4-15(11-13)23-18(26)17-10-9-16(29-17)12-5-7-14(22)8-6-12/h2-11H,1H3,(H,23,26)(H2,24,25,27,28). The maximum Gasteiger partial charge on any atom is 0.322 e. The van der Waals surface area contributed by atoms with Gasteiger partial charge in [0.2, 0.25) is 0 Å². The zero-order valence-corrected chi connectivity index (χ0v) is 15.3. The molecule has 7 nitrogen and oxygen atoms in total. The summed E-state index contributed by atoms with van der Waals surface area (Å²) < 4.78 is 18.6. The van der Waals surface area contributed by atoms with Gasteiger partial charge < -0.3 is 15.1 Å². The first kappa shape index (κ1) is 18.4. The number of rotatable bonds is 4. The van der Waals surface area contributed by atoms with Gasteiger partial charge in [-0.2, -0.15) is 0 Å². The predicted molar refractivity (Wildman–Crippen MR) is 103 cm³/mol. The highest BCUT2D eigenvalue weighted by molar-refractivity contribution is 6.07. The van der Waals surface area contributed by atoms with E-state index in [9.17, 15) is 18.8 Å². The molecule has 2 heterocycles. The molecule has 4 amide bonds. The van der Waals surface area contributed by atoms with Crippen LogP contribution in [0.4, 0.5) is 14.9 Å². The van der Waals surface area contributed by atoms with Gasteiger partial charge in [-0.05, 0) is 61.0 Å². The summed E-state index contributed by atoms with van der Waals surface area (Å²) in [6.45, 7) is 1.58. The van der Waals surface area contributed by atoms with E-state index in [1.165, 1.54) is 18.2 Å². The Labute approximate surface area is 164 Å². The maximum atomic E-state index is 13.1.